The van der Waals surface area contributed by atoms with Crippen molar-refractivity contribution < 1.29 is 4.79 Å². The minimum Gasteiger partial charge on any atom is -0.375 e. The summed E-state index contributed by atoms with van der Waals surface area (Å²) in [6, 6.07) is 10.4. The molecule has 0 radical (unpaired) electrons. The summed E-state index contributed by atoms with van der Waals surface area (Å²) in [7, 11) is 0. The second kappa shape index (κ2) is 7.36. The summed E-state index contributed by atoms with van der Waals surface area (Å²) in [6.07, 6.45) is 0. The van der Waals surface area contributed by atoms with Crippen LogP contribution in [0.15, 0.2) is 40.9 Å². The van der Waals surface area contributed by atoms with E-state index in [4.69, 9.17) is 34.8 Å². The van der Waals surface area contributed by atoms with Crippen LogP contribution in [0.3, 0.4) is 0 Å². The van der Waals surface area contributed by atoms with Gasteiger partial charge in [-0.1, -0.05) is 56.8 Å². The van der Waals surface area contributed by atoms with Crippen molar-refractivity contribution in [1.29, 1.82) is 0 Å². The summed E-state index contributed by atoms with van der Waals surface area (Å²) in [4.78, 5) is 11.9. The molecule has 0 spiro atoms. The Hall–Kier alpha value is -0.940. The van der Waals surface area contributed by atoms with Crippen LogP contribution in [0.5, 0.6) is 0 Å². The van der Waals surface area contributed by atoms with E-state index in [-0.39, 0.29) is 12.5 Å². The number of carbonyl (C=O) groups excluding carboxylic acids is 1. The zero-order chi connectivity index (χ0) is 15.4. The highest BCUT2D eigenvalue weighted by atomic mass is 79.9. The highest BCUT2D eigenvalue weighted by molar-refractivity contribution is 9.10. The van der Waals surface area contributed by atoms with Crippen molar-refractivity contribution in [3.05, 3.63) is 55.9 Å². The molecule has 1 amide bonds. The molecule has 0 unspecified atom stereocenters. The van der Waals surface area contributed by atoms with E-state index in [0.717, 1.165) is 4.47 Å². The van der Waals surface area contributed by atoms with Crippen LogP contribution in [0.1, 0.15) is 0 Å². The van der Waals surface area contributed by atoms with Gasteiger partial charge in [0.05, 0.1) is 27.3 Å². The van der Waals surface area contributed by atoms with E-state index in [1.165, 1.54) is 6.07 Å². The van der Waals surface area contributed by atoms with Crippen molar-refractivity contribution in [2.24, 2.45) is 0 Å². The van der Waals surface area contributed by atoms with E-state index in [9.17, 15) is 4.79 Å². The molecule has 0 aliphatic heterocycles. The zero-order valence-corrected chi connectivity index (χ0v) is 14.4. The number of hydrogen-bond donors (Lipinski definition) is 2. The molecule has 0 atom stereocenters. The van der Waals surface area contributed by atoms with Crippen LogP contribution in [-0.4, -0.2) is 12.5 Å². The molecule has 110 valence electrons. The molecule has 2 N–H and O–H groups in total. The number of halogens is 4. The molecule has 2 rings (SSSR count). The maximum Gasteiger partial charge on any atom is 0.243 e. The molecule has 0 bridgehead atoms. The maximum absolute atomic E-state index is 11.9. The summed E-state index contributed by atoms with van der Waals surface area (Å²) in [5.74, 6) is -0.199. The van der Waals surface area contributed by atoms with Gasteiger partial charge in [0, 0.05) is 10.2 Å². The van der Waals surface area contributed by atoms with Crippen LogP contribution in [0.25, 0.3) is 0 Å². The molecular formula is C14H10BrCl3N2O. The Morgan fingerprint density at radius 2 is 1.76 bits per heavy atom. The lowest BCUT2D eigenvalue weighted by atomic mass is 10.3. The van der Waals surface area contributed by atoms with E-state index in [0.29, 0.717) is 26.4 Å². The summed E-state index contributed by atoms with van der Waals surface area (Å²) >= 11 is 21.1. The fourth-order valence-corrected chi connectivity index (χ4v) is 2.62. The molecule has 0 heterocycles. The molecule has 0 aromatic heterocycles. The van der Waals surface area contributed by atoms with Gasteiger partial charge in [-0.05, 0) is 30.3 Å². The summed E-state index contributed by atoms with van der Waals surface area (Å²) in [6.45, 7) is 0.0597. The molecule has 3 nitrogen and oxygen atoms in total. The van der Waals surface area contributed by atoms with Crippen molar-refractivity contribution in [2.45, 2.75) is 0 Å². The van der Waals surface area contributed by atoms with Crippen LogP contribution in [-0.2, 0) is 4.79 Å². The topological polar surface area (TPSA) is 41.1 Å². The molecule has 2 aromatic rings. The highest BCUT2D eigenvalue weighted by Gasteiger charge is 2.08. The molecule has 2 aromatic carbocycles. The van der Waals surface area contributed by atoms with E-state index in [1.54, 1.807) is 12.1 Å². The SMILES string of the molecule is O=C(CNc1cc(Cl)c(Cl)cc1Cl)Nc1cccc(Br)c1. The summed E-state index contributed by atoms with van der Waals surface area (Å²) in [5.41, 5.74) is 1.26. The predicted molar refractivity (Wildman–Crippen MR) is 92.7 cm³/mol. The first kappa shape index (κ1) is 16.4. The Kier molecular flexibility index (Phi) is 5.76. The predicted octanol–water partition coefficient (Wildman–Crippen LogP) is 5.46. The van der Waals surface area contributed by atoms with Gasteiger partial charge in [-0.15, -0.1) is 0 Å². The minimum absolute atomic E-state index is 0.0597. The number of benzene rings is 2. The van der Waals surface area contributed by atoms with Crippen LogP contribution in [0.4, 0.5) is 11.4 Å². The van der Waals surface area contributed by atoms with Crippen LogP contribution in [0, 0.1) is 0 Å². The lowest BCUT2D eigenvalue weighted by Crippen LogP contribution is -2.21. The Morgan fingerprint density at radius 1 is 1.05 bits per heavy atom. The second-order valence-electron chi connectivity index (χ2n) is 4.16. The van der Waals surface area contributed by atoms with Gasteiger partial charge in [0.1, 0.15) is 0 Å². The second-order valence-corrected chi connectivity index (χ2v) is 6.30. The fourth-order valence-electron chi connectivity index (χ4n) is 1.60. The van der Waals surface area contributed by atoms with Gasteiger partial charge in [-0.25, -0.2) is 0 Å². The van der Waals surface area contributed by atoms with E-state index < -0.39 is 0 Å². The van der Waals surface area contributed by atoms with Gasteiger partial charge in [0.15, 0.2) is 0 Å². The number of carbonyl (C=O) groups is 1. The number of amides is 1. The molecule has 0 saturated carbocycles. The number of nitrogens with one attached hydrogen (secondary N) is 2. The average molecular weight is 409 g/mol. The van der Waals surface area contributed by atoms with Crippen molar-refractivity contribution >= 4 is 68.0 Å². The lowest BCUT2D eigenvalue weighted by molar-refractivity contribution is -0.114. The average Bonchev–Trinajstić information content (AvgIpc) is 2.41. The number of hydrogen-bond acceptors (Lipinski definition) is 2. The van der Waals surface area contributed by atoms with E-state index >= 15 is 0 Å². The summed E-state index contributed by atoms with van der Waals surface area (Å²) < 4.78 is 0.890. The Balaban J connectivity index is 1.97. The molecule has 0 aliphatic rings. The summed E-state index contributed by atoms with van der Waals surface area (Å²) in [5, 5.41) is 6.82. The van der Waals surface area contributed by atoms with Crippen molar-refractivity contribution in [3.63, 3.8) is 0 Å². The van der Waals surface area contributed by atoms with Gasteiger partial charge in [0.25, 0.3) is 0 Å². The molecule has 21 heavy (non-hydrogen) atoms. The molecule has 7 heteroatoms. The van der Waals surface area contributed by atoms with Crippen LogP contribution < -0.4 is 10.6 Å². The van der Waals surface area contributed by atoms with E-state index in [1.807, 2.05) is 18.2 Å². The Bertz CT molecular complexity index is 679. The number of rotatable bonds is 4. The molecule has 0 aliphatic carbocycles. The highest BCUT2D eigenvalue weighted by Crippen LogP contribution is 2.32. The van der Waals surface area contributed by atoms with E-state index in [2.05, 4.69) is 26.6 Å². The standard InChI is InChI=1S/C14H10BrCl3N2O/c15-8-2-1-3-9(4-8)20-14(21)7-19-13-6-11(17)10(16)5-12(13)18/h1-6,19H,7H2,(H,20,21). The molecule has 0 fully saturated rings. The monoisotopic (exact) mass is 406 g/mol. The molecule has 0 saturated heterocycles. The van der Waals surface area contributed by atoms with Crippen molar-refractivity contribution in [3.8, 4) is 0 Å². The Morgan fingerprint density at radius 3 is 2.48 bits per heavy atom. The first-order valence-electron chi connectivity index (χ1n) is 5.89. The van der Waals surface area contributed by atoms with Gasteiger partial charge >= 0.3 is 0 Å². The third kappa shape index (κ3) is 4.78. The third-order valence-electron chi connectivity index (χ3n) is 2.56. The van der Waals surface area contributed by atoms with Crippen LogP contribution >= 0.6 is 50.7 Å². The normalized spacial score (nSPS) is 10.3. The number of anilines is 2. The van der Waals surface area contributed by atoms with Gasteiger partial charge in [-0.3, -0.25) is 4.79 Å². The Labute approximate surface area is 145 Å². The minimum atomic E-state index is -0.199. The zero-order valence-electron chi connectivity index (χ0n) is 10.6. The fraction of sp³-hybridized carbons (Fsp3) is 0.0714. The van der Waals surface area contributed by atoms with Gasteiger partial charge in [-0.2, -0.15) is 0 Å². The first-order valence-corrected chi connectivity index (χ1v) is 7.82. The largest absolute Gasteiger partial charge is 0.375 e. The maximum atomic E-state index is 11.9. The quantitative estimate of drug-likeness (QED) is 0.660. The van der Waals surface area contributed by atoms with Gasteiger partial charge in [0.2, 0.25) is 5.91 Å². The van der Waals surface area contributed by atoms with Crippen molar-refractivity contribution in [1.82, 2.24) is 0 Å². The van der Waals surface area contributed by atoms with Crippen molar-refractivity contribution in [2.75, 3.05) is 17.2 Å². The first-order chi connectivity index (χ1) is 9.95. The third-order valence-corrected chi connectivity index (χ3v) is 4.09. The molecular weight excluding hydrogens is 398 g/mol. The van der Waals surface area contributed by atoms with Crippen LogP contribution in [0.2, 0.25) is 15.1 Å². The smallest absolute Gasteiger partial charge is 0.243 e. The lowest BCUT2D eigenvalue weighted by Gasteiger charge is -2.10. The van der Waals surface area contributed by atoms with Gasteiger partial charge < -0.3 is 10.6 Å².